The first-order valence-electron chi connectivity index (χ1n) is 9.79. The maximum Gasteiger partial charge on any atom is 0.244 e. The van der Waals surface area contributed by atoms with Crippen LogP contribution in [0.25, 0.3) is 10.9 Å². The summed E-state index contributed by atoms with van der Waals surface area (Å²) in [6.07, 6.45) is 8.81. The Bertz CT molecular complexity index is 874. The summed E-state index contributed by atoms with van der Waals surface area (Å²) >= 11 is 0. The number of hydrazine groups is 1. The fourth-order valence-electron chi connectivity index (χ4n) is 7.10. The Morgan fingerprint density at radius 1 is 1.08 bits per heavy atom. The summed E-state index contributed by atoms with van der Waals surface area (Å²) in [5.41, 5.74) is 8.44. The molecule has 26 heavy (non-hydrogen) atoms. The molecule has 0 aliphatic heterocycles. The lowest BCUT2D eigenvalue weighted by Crippen LogP contribution is -2.60. The molecular weight excluding hydrogens is 322 g/mol. The van der Waals surface area contributed by atoms with Gasteiger partial charge in [0.25, 0.3) is 0 Å². The normalized spacial score (nSPS) is 37.7. The minimum Gasteiger partial charge on any atom is -0.297 e. The Balaban J connectivity index is 1.35. The van der Waals surface area contributed by atoms with Gasteiger partial charge in [-0.1, -0.05) is 32.0 Å². The molecule has 0 spiro atoms. The minimum atomic E-state index is -0.194. The highest BCUT2D eigenvalue weighted by atomic mass is 16.2. The van der Waals surface area contributed by atoms with Crippen LogP contribution >= 0.6 is 0 Å². The Kier molecular flexibility index (Phi) is 3.23. The molecule has 2 unspecified atom stereocenters. The van der Waals surface area contributed by atoms with Gasteiger partial charge in [0.05, 0.1) is 22.8 Å². The van der Waals surface area contributed by atoms with Gasteiger partial charge in [-0.2, -0.15) is 0 Å². The number of pyridine rings is 1. The summed E-state index contributed by atoms with van der Waals surface area (Å²) in [6.45, 7) is 4.80. The minimum absolute atomic E-state index is 0.173. The highest BCUT2D eigenvalue weighted by Gasteiger charge is 2.62. The molecular formula is C22H27N3O. The highest BCUT2D eigenvalue weighted by Crippen LogP contribution is 2.69. The van der Waals surface area contributed by atoms with Crippen LogP contribution in [0.4, 0.5) is 5.69 Å². The third kappa shape index (κ3) is 2.50. The van der Waals surface area contributed by atoms with E-state index in [1.807, 2.05) is 30.3 Å². The number of hydrogen-bond donors (Lipinski definition) is 2. The quantitative estimate of drug-likeness (QED) is 0.792. The van der Waals surface area contributed by atoms with E-state index in [4.69, 9.17) is 0 Å². The van der Waals surface area contributed by atoms with Crippen molar-refractivity contribution in [1.82, 2.24) is 10.4 Å². The largest absolute Gasteiger partial charge is 0.297 e. The molecule has 0 saturated heterocycles. The summed E-state index contributed by atoms with van der Waals surface area (Å²) in [7, 11) is 0. The molecule has 2 aromatic rings. The van der Waals surface area contributed by atoms with E-state index in [9.17, 15) is 4.79 Å². The van der Waals surface area contributed by atoms with E-state index in [0.29, 0.717) is 16.7 Å². The third-order valence-corrected chi connectivity index (χ3v) is 7.02. The van der Waals surface area contributed by atoms with Gasteiger partial charge in [0, 0.05) is 5.39 Å². The van der Waals surface area contributed by atoms with Crippen LogP contribution in [0.1, 0.15) is 52.4 Å². The van der Waals surface area contributed by atoms with Gasteiger partial charge in [-0.25, -0.2) is 0 Å². The van der Waals surface area contributed by atoms with Crippen LogP contribution in [-0.2, 0) is 4.79 Å². The van der Waals surface area contributed by atoms with Gasteiger partial charge in [0.2, 0.25) is 5.91 Å². The summed E-state index contributed by atoms with van der Waals surface area (Å²) in [5.74, 6) is 0.890. The Labute approximate surface area is 154 Å². The Morgan fingerprint density at radius 3 is 2.54 bits per heavy atom. The second kappa shape index (κ2) is 5.21. The lowest BCUT2D eigenvalue weighted by atomic mass is 9.40. The third-order valence-electron chi connectivity index (χ3n) is 7.02. The van der Waals surface area contributed by atoms with E-state index in [2.05, 4.69) is 29.7 Å². The molecule has 1 amide bonds. The molecule has 1 heterocycles. The molecule has 0 radical (unpaired) electrons. The average molecular weight is 349 g/mol. The van der Waals surface area contributed by atoms with Gasteiger partial charge in [0.1, 0.15) is 0 Å². The van der Waals surface area contributed by atoms with Crippen molar-refractivity contribution < 1.29 is 4.79 Å². The first-order valence-corrected chi connectivity index (χ1v) is 9.79. The lowest BCUT2D eigenvalue weighted by molar-refractivity contribution is -0.169. The fourth-order valence-corrected chi connectivity index (χ4v) is 7.10. The number of aromatic nitrogens is 1. The van der Waals surface area contributed by atoms with E-state index in [1.54, 1.807) is 6.20 Å². The van der Waals surface area contributed by atoms with Crippen molar-refractivity contribution in [1.29, 1.82) is 0 Å². The molecule has 1 aromatic carbocycles. The van der Waals surface area contributed by atoms with Crippen LogP contribution in [0.2, 0.25) is 0 Å². The van der Waals surface area contributed by atoms with Crippen molar-refractivity contribution in [2.45, 2.75) is 52.4 Å². The first-order chi connectivity index (χ1) is 12.4. The molecule has 4 nitrogen and oxygen atoms in total. The molecule has 4 fully saturated rings. The highest BCUT2D eigenvalue weighted by molar-refractivity contribution is 5.86. The van der Waals surface area contributed by atoms with Crippen LogP contribution < -0.4 is 10.9 Å². The van der Waals surface area contributed by atoms with E-state index < -0.39 is 0 Å². The number of nitrogens with zero attached hydrogens (tertiary/aromatic N) is 1. The van der Waals surface area contributed by atoms with Gasteiger partial charge in [-0.05, 0) is 67.4 Å². The van der Waals surface area contributed by atoms with Crippen LogP contribution in [0.15, 0.2) is 36.5 Å². The number of fused-ring (bicyclic) bond motifs is 1. The number of benzene rings is 1. The maximum absolute atomic E-state index is 13.2. The van der Waals surface area contributed by atoms with E-state index in [1.165, 1.54) is 19.3 Å². The van der Waals surface area contributed by atoms with Gasteiger partial charge in [-0.15, -0.1) is 0 Å². The standard InChI is InChI=1S/C22H27N3O/c1-20-8-15-9-21(2,12-20)14-22(10-15,13-20)19(26)25-24-17-7-16-5-3-4-6-18(16)23-11-17/h3-7,11,15,24H,8-10,12-14H2,1-2H3,(H,25,26). The van der Waals surface area contributed by atoms with Gasteiger partial charge in [-0.3, -0.25) is 20.6 Å². The fraction of sp³-hybridized carbons (Fsp3) is 0.545. The van der Waals surface area contributed by atoms with E-state index in [0.717, 1.165) is 35.9 Å². The monoisotopic (exact) mass is 349 g/mol. The smallest absolute Gasteiger partial charge is 0.244 e. The summed E-state index contributed by atoms with van der Waals surface area (Å²) in [5, 5.41) is 1.07. The lowest BCUT2D eigenvalue weighted by Gasteiger charge is -2.64. The zero-order chi connectivity index (χ0) is 18.0. The average Bonchev–Trinajstić information content (AvgIpc) is 2.56. The Hall–Kier alpha value is -2.10. The second-order valence-corrected chi connectivity index (χ2v) is 9.91. The number of nitrogens with one attached hydrogen (secondary N) is 2. The van der Waals surface area contributed by atoms with Crippen LogP contribution in [0, 0.1) is 22.2 Å². The van der Waals surface area contributed by atoms with Gasteiger partial charge >= 0.3 is 0 Å². The van der Waals surface area contributed by atoms with Gasteiger partial charge < -0.3 is 0 Å². The molecule has 4 saturated carbocycles. The topological polar surface area (TPSA) is 54.0 Å². The van der Waals surface area contributed by atoms with Crippen molar-refractivity contribution in [3.8, 4) is 0 Å². The van der Waals surface area contributed by atoms with Crippen molar-refractivity contribution >= 4 is 22.5 Å². The maximum atomic E-state index is 13.2. The van der Waals surface area contributed by atoms with E-state index >= 15 is 0 Å². The molecule has 6 rings (SSSR count). The van der Waals surface area contributed by atoms with Crippen molar-refractivity contribution in [3.05, 3.63) is 36.5 Å². The van der Waals surface area contributed by atoms with Crippen molar-refractivity contribution in [2.75, 3.05) is 5.43 Å². The van der Waals surface area contributed by atoms with Crippen molar-refractivity contribution in [2.24, 2.45) is 22.2 Å². The predicted octanol–water partition coefficient (Wildman–Crippen LogP) is 4.67. The van der Waals surface area contributed by atoms with E-state index in [-0.39, 0.29) is 11.3 Å². The number of anilines is 1. The first kappa shape index (κ1) is 16.1. The number of para-hydroxylation sites is 1. The molecule has 4 heteroatoms. The summed E-state index contributed by atoms with van der Waals surface area (Å²) < 4.78 is 0. The van der Waals surface area contributed by atoms with Crippen LogP contribution in [-0.4, -0.2) is 10.9 Å². The predicted molar refractivity (Wildman–Crippen MR) is 103 cm³/mol. The second-order valence-electron chi connectivity index (χ2n) is 9.91. The molecule has 4 aliphatic rings. The Morgan fingerprint density at radius 2 is 1.81 bits per heavy atom. The molecule has 4 bridgehead atoms. The number of rotatable bonds is 3. The molecule has 4 aliphatic carbocycles. The van der Waals surface area contributed by atoms with Crippen LogP contribution in [0.3, 0.4) is 0 Å². The number of amides is 1. The molecule has 1 aromatic heterocycles. The zero-order valence-electron chi connectivity index (χ0n) is 15.6. The zero-order valence-corrected chi connectivity index (χ0v) is 15.6. The molecule has 2 N–H and O–H groups in total. The number of carbonyl (C=O) groups excluding carboxylic acids is 1. The van der Waals surface area contributed by atoms with Gasteiger partial charge in [0.15, 0.2) is 0 Å². The number of hydrogen-bond acceptors (Lipinski definition) is 3. The molecule has 136 valence electrons. The van der Waals surface area contributed by atoms with Crippen LogP contribution in [0.5, 0.6) is 0 Å². The SMILES string of the molecule is CC12CC3CC(C)(C1)CC(C(=O)NNc1cnc4ccccc4c1)(C3)C2. The summed E-state index contributed by atoms with van der Waals surface area (Å²) in [4.78, 5) is 17.7. The summed E-state index contributed by atoms with van der Waals surface area (Å²) in [6, 6.07) is 10.1. The van der Waals surface area contributed by atoms with Crippen molar-refractivity contribution in [3.63, 3.8) is 0 Å². The number of carbonyl (C=O) groups is 1. The molecule has 2 atom stereocenters.